The number of likely N-dealkylation sites (tertiary alicyclic amines) is 1. The molecule has 1 amide bonds. The summed E-state index contributed by atoms with van der Waals surface area (Å²) in [6, 6.07) is 7.85. The molecule has 0 spiro atoms. The van der Waals surface area contributed by atoms with Crippen LogP contribution < -0.4 is 0 Å². The minimum absolute atomic E-state index is 0.107. The van der Waals surface area contributed by atoms with Crippen LogP contribution in [0.25, 0.3) is 0 Å². The minimum Gasteiger partial charge on any atom is -0.380 e. The lowest BCUT2D eigenvalue weighted by atomic mass is 9.89. The van der Waals surface area contributed by atoms with E-state index in [9.17, 15) is 4.79 Å². The maximum atomic E-state index is 11.5. The van der Waals surface area contributed by atoms with E-state index in [2.05, 4.69) is 0 Å². The Bertz CT molecular complexity index is 419. The van der Waals surface area contributed by atoms with E-state index < -0.39 is 0 Å². The molecule has 0 N–H and O–H groups in total. The number of piperidine rings is 1. The van der Waals surface area contributed by atoms with E-state index in [1.54, 1.807) is 14.0 Å². The van der Waals surface area contributed by atoms with Crippen LogP contribution >= 0.6 is 11.6 Å². The van der Waals surface area contributed by atoms with E-state index in [0.29, 0.717) is 12.5 Å². The molecule has 2 atom stereocenters. The fourth-order valence-electron chi connectivity index (χ4n) is 2.46. The first-order valence-corrected chi connectivity index (χ1v) is 7.51. The van der Waals surface area contributed by atoms with Crippen molar-refractivity contribution >= 4 is 17.5 Å². The number of ether oxygens (including phenoxy) is 1. The van der Waals surface area contributed by atoms with Gasteiger partial charge in [0.2, 0.25) is 5.91 Å². The number of hydrogen-bond donors (Lipinski definition) is 0. The maximum Gasteiger partial charge on any atom is 0.219 e. The lowest BCUT2D eigenvalue weighted by molar-refractivity contribution is -0.132. The second-order valence-electron chi connectivity index (χ2n) is 4.77. The average molecular weight is 298 g/mol. The maximum absolute atomic E-state index is 11.5. The van der Waals surface area contributed by atoms with Gasteiger partial charge in [0.1, 0.15) is 0 Å². The van der Waals surface area contributed by atoms with Gasteiger partial charge in [0.25, 0.3) is 0 Å². The Labute approximate surface area is 126 Å². The topological polar surface area (TPSA) is 29.5 Å². The molecule has 0 radical (unpaired) electrons. The van der Waals surface area contributed by atoms with E-state index in [-0.39, 0.29) is 12.0 Å². The summed E-state index contributed by atoms with van der Waals surface area (Å²) < 4.78 is 5.43. The average Bonchev–Trinajstić information content (AvgIpc) is 2.49. The number of rotatable bonds is 2. The number of hydrogen-bond acceptors (Lipinski definition) is 2. The van der Waals surface area contributed by atoms with Crippen LogP contribution in [0.2, 0.25) is 5.02 Å². The van der Waals surface area contributed by atoms with Crippen molar-refractivity contribution in [2.75, 3.05) is 20.2 Å². The summed E-state index contributed by atoms with van der Waals surface area (Å²) in [7, 11) is 1.70. The molecule has 1 aromatic carbocycles. The number of halogens is 1. The van der Waals surface area contributed by atoms with Gasteiger partial charge in [0.05, 0.1) is 6.10 Å². The zero-order valence-electron chi connectivity index (χ0n) is 12.7. The summed E-state index contributed by atoms with van der Waals surface area (Å²) in [5, 5.41) is 0.737. The Morgan fingerprint density at radius 2 is 1.85 bits per heavy atom. The van der Waals surface area contributed by atoms with Gasteiger partial charge in [-0.25, -0.2) is 0 Å². The van der Waals surface area contributed by atoms with E-state index in [0.717, 1.165) is 18.0 Å². The van der Waals surface area contributed by atoms with Crippen LogP contribution in [-0.2, 0) is 9.53 Å². The number of carbonyl (C=O) groups is 1. The van der Waals surface area contributed by atoms with Crippen LogP contribution in [0.3, 0.4) is 0 Å². The van der Waals surface area contributed by atoms with E-state index in [4.69, 9.17) is 16.3 Å². The zero-order chi connectivity index (χ0) is 15.1. The monoisotopic (exact) mass is 297 g/mol. The summed E-state index contributed by atoms with van der Waals surface area (Å²) in [6.07, 6.45) is 1.06. The predicted molar refractivity (Wildman–Crippen MR) is 83.2 cm³/mol. The smallest absolute Gasteiger partial charge is 0.219 e. The Morgan fingerprint density at radius 1 is 1.25 bits per heavy atom. The molecular weight excluding hydrogens is 274 g/mol. The highest BCUT2D eigenvalue weighted by Crippen LogP contribution is 2.29. The van der Waals surface area contributed by atoms with Gasteiger partial charge in [-0.3, -0.25) is 4.79 Å². The van der Waals surface area contributed by atoms with Gasteiger partial charge < -0.3 is 9.64 Å². The third kappa shape index (κ3) is 4.50. The summed E-state index contributed by atoms with van der Waals surface area (Å²) in [6.45, 7) is 7.06. The van der Waals surface area contributed by atoms with Gasteiger partial charge >= 0.3 is 0 Å². The molecule has 2 rings (SSSR count). The molecule has 1 fully saturated rings. The predicted octanol–water partition coefficient (Wildman–Crippen LogP) is 3.72. The van der Waals surface area contributed by atoms with Crippen molar-refractivity contribution in [2.45, 2.75) is 39.2 Å². The highest BCUT2D eigenvalue weighted by molar-refractivity contribution is 6.30. The molecule has 1 heterocycles. The second kappa shape index (κ2) is 8.28. The molecule has 1 aliphatic heterocycles. The highest BCUT2D eigenvalue weighted by atomic mass is 35.5. The van der Waals surface area contributed by atoms with Crippen molar-refractivity contribution in [3.8, 4) is 0 Å². The molecule has 0 aromatic heterocycles. The number of methoxy groups -OCH3 is 1. The Kier molecular flexibility index (Phi) is 7.03. The molecule has 1 aromatic rings. The van der Waals surface area contributed by atoms with Gasteiger partial charge in [-0.2, -0.15) is 0 Å². The first kappa shape index (κ1) is 17.0. The fraction of sp³-hybridized carbons (Fsp3) is 0.562. The number of nitrogens with zero attached hydrogens (tertiary/aromatic N) is 1. The summed E-state index contributed by atoms with van der Waals surface area (Å²) in [5.41, 5.74) is 1.22. The largest absolute Gasteiger partial charge is 0.380 e. The zero-order valence-corrected chi connectivity index (χ0v) is 13.5. The molecule has 112 valence electrons. The SMILES string of the molecule is CC.COC1CC(c2ccc(Cl)cc2)CN(C(C)=O)C1. The van der Waals surface area contributed by atoms with Crippen molar-refractivity contribution in [1.82, 2.24) is 4.90 Å². The van der Waals surface area contributed by atoms with E-state index in [1.165, 1.54) is 5.56 Å². The standard InChI is InChI=1S/C14H18ClNO2.C2H6/c1-10(17)16-8-12(7-14(9-16)18-2)11-3-5-13(15)6-4-11;1-2/h3-6,12,14H,7-9H2,1-2H3;1-2H3. The number of amides is 1. The van der Waals surface area contributed by atoms with Crippen LogP contribution in [0.15, 0.2) is 24.3 Å². The third-order valence-corrected chi connectivity index (χ3v) is 3.78. The number of benzene rings is 1. The highest BCUT2D eigenvalue weighted by Gasteiger charge is 2.29. The molecule has 3 nitrogen and oxygen atoms in total. The van der Waals surface area contributed by atoms with Crippen molar-refractivity contribution in [3.05, 3.63) is 34.9 Å². The molecule has 20 heavy (non-hydrogen) atoms. The Hall–Kier alpha value is -1.06. The van der Waals surface area contributed by atoms with Crippen molar-refractivity contribution < 1.29 is 9.53 Å². The van der Waals surface area contributed by atoms with E-state index in [1.807, 2.05) is 43.0 Å². The third-order valence-electron chi connectivity index (χ3n) is 3.53. The first-order valence-electron chi connectivity index (χ1n) is 7.14. The quantitative estimate of drug-likeness (QED) is 0.833. The first-order chi connectivity index (χ1) is 9.60. The lowest BCUT2D eigenvalue weighted by Gasteiger charge is -2.37. The molecule has 0 bridgehead atoms. The molecule has 1 aliphatic rings. The molecule has 4 heteroatoms. The molecule has 0 aliphatic carbocycles. The van der Waals surface area contributed by atoms with Gasteiger partial charge in [0.15, 0.2) is 0 Å². The summed E-state index contributed by atoms with van der Waals surface area (Å²) in [5.74, 6) is 0.431. The summed E-state index contributed by atoms with van der Waals surface area (Å²) in [4.78, 5) is 13.4. The molecule has 0 saturated carbocycles. The van der Waals surface area contributed by atoms with Gasteiger partial charge in [-0.05, 0) is 24.1 Å². The van der Waals surface area contributed by atoms with Crippen molar-refractivity contribution in [1.29, 1.82) is 0 Å². The van der Waals surface area contributed by atoms with Crippen LogP contribution in [0.5, 0.6) is 0 Å². The summed E-state index contributed by atoms with van der Waals surface area (Å²) >= 11 is 5.90. The minimum atomic E-state index is 0.107. The van der Waals surface area contributed by atoms with Crippen LogP contribution in [0, 0.1) is 0 Å². The van der Waals surface area contributed by atoms with Crippen LogP contribution in [0.4, 0.5) is 0 Å². The van der Waals surface area contributed by atoms with Gasteiger partial charge in [-0.1, -0.05) is 37.6 Å². The van der Waals surface area contributed by atoms with Crippen LogP contribution in [-0.4, -0.2) is 37.1 Å². The number of carbonyl (C=O) groups excluding carboxylic acids is 1. The Morgan fingerprint density at radius 3 is 2.35 bits per heavy atom. The lowest BCUT2D eigenvalue weighted by Crippen LogP contribution is -2.45. The van der Waals surface area contributed by atoms with Gasteiger partial charge in [0, 0.05) is 38.1 Å². The van der Waals surface area contributed by atoms with Gasteiger partial charge in [-0.15, -0.1) is 0 Å². The van der Waals surface area contributed by atoms with Crippen LogP contribution in [0.1, 0.15) is 38.7 Å². The Balaban J connectivity index is 0.000000956. The normalized spacial score (nSPS) is 21.9. The van der Waals surface area contributed by atoms with E-state index >= 15 is 0 Å². The second-order valence-corrected chi connectivity index (χ2v) is 5.20. The molecule has 1 saturated heterocycles. The van der Waals surface area contributed by atoms with Crippen molar-refractivity contribution in [2.24, 2.45) is 0 Å². The fourth-order valence-corrected chi connectivity index (χ4v) is 2.58. The molecule has 2 unspecified atom stereocenters. The molecular formula is C16H24ClNO2. The van der Waals surface area contributed by atoms with Crippen molar-refractivity contribution in [3.63, 3.8) is 0 Å².